The van der Waals surface area contributed by atoms with Gasteiger partial charge in [0.2, 0.25) is 0 Å². The molecule has 0 aromatic heterocycles. The van der Waals surface area contributed by atoms with Crippen LogP contribution in [0.3, 0.4) is 0 Å². The van der Waals surface area contributed by atoms with Crippen LogP contribution in [0, 0.1) is 18.3 Å². The first-order valence-corrected chi connectivity index (χ1v) is 6.22. The van der Waals surface area contributed by atoms with Gasteiger partial charge in [-0.3, -0.25) is 4.90 Å². The standard InChI is InChI=1S/C16H15N3O/c1-12-6-5-8-14(10-12)18-16(20)19(2)15-9-4-3-7-13(15)11-17/h3-10H,1-2H3,(H,18,20). The largest absolute Gasteiger partial charge is 0.326 e. The van der Waals surface area contributed by atoms with Crippen LogP contribution >= 0.6 is 0 Å². The molecule has 1 N–H and O–H groups in total. The summed E-state index contributed by atoms with van der Waals surface area (Å²) in [6.07, 6.45) is 0. The summed E-state index contributed by atoms with van der Waals surface area (Å²) in [4.78, 5) is 13.6. The summed E-state index contributed by atoms with van der Waals surface area (Å²) in [6, 6.07) is 16.4. The summed E-state index contributed by atoms with van der Waals surface area (Å²) < 4.78 is 0. The molecule has 0 aliphatic heterocycles. The van der Waals surface area contributed by atoms with Crippen LogP contribution in [-0.2, 0) is 0 Å². The highest BCUT2D eigenvalue weighted by Gasteiger charge is 2.14. The molecular weight excluding hydrogens is 250 g/mol. The fourth-order valence-electron chi connectivity index (χ4n) is 1.90. The number of benzene rings is 2. The lowest BCUT2D eigenvalue weighted by Crippen LogP contribution is -2.31. The summed E-state index contributed by atoms with van der Waals surface area (Å²) in [5, 5.41) is 11.9. The smallest absolute Gasteiger partial charge is 0.308 e. The quantitative estimate of drug-likeness (QED) is 0.903. The van der Waals surface area contributed by atoms with E-state index in [4.69, 9.17) is 5.26 Å². The normalized spacial score (nSPS) is 9.65. The third-order valence-electron chi connectivity index (χ3n) is 2.96. The zero-order chi connectivity index (χ0) is 14.5. The van der Waals surface area contributed by atoms with Crippen molar-refractivity contribution in [3.63, 3.8) is 0 Å². The van der Waals surface area contributed by atoms with Gasteiger partial charge in [0.25, 0.3) is 0 Å². The molecule has 100 valence electrons. The Bertz CT molecular complexity index is 673. The number of amides is 2. The van der Waals surface area contributed by atoms with Crippen LogP contribution in [0.2, 0.25) is 0 Å². The van der Waals surface area contributed by atoms with E-state index in [-0.39, 0.29) is 6.03 Å². The number of hydrogen-bond donors (Lipinski definition) is 1. The lowest BCUT2D eigenvalue weighted by molar-refractivity contribution is 0.258. The van der Waals surface area contributed by atoms with Gasteiger partial charge in [-0.15, -0.1) is 0 Å². The first kappa shape index (κ1) is 13.6. The minimum absolute atomic E-state index is 0.279. The van der Waals surface area contributed by atoms with Crippen molar-refractivity contribution < 1.29 is 4.79 Å². The summed E-state index contributed by atoms with van der Waals surface area (Å²) in [5.74, 6) is 0. The Balaban J connectivity index is 2.19. The molecule has 0 aliphatic carbocycles. The Morgan fingerprint density at radius 3 is 2.65 bits per heavy atom. The van der Waals surface area contributed by atoms with Gasteiger partial charge in [-0.25, -0.2) is 4.79 Å². The minimum atomic E-state index is -0.279. The number of nitrogens with zero attached hydrogens (tertiary/aromatic N) is 2. The number of nitriles is 1. The van der Waals surface area contributed by atoms with Crippen LogP contribution in [0.1, 0.15) is 11.1 Å². The van der Waals surface area contributed by atoms with Crippen molar-refractivity contribution >= 4 is 17.4 Å². The van der Waals surface area contributed by atoms with Crippen molar-refractivity contribution in [3.8, 4) is 6.07 Å². The molecule has 0 fully saturated rings. The van der Waals surface area contributed by atoms with Crippen LogP contribution < -0.4 is 10.2 Å². The Kier molecular flexibility index (Phi) is 4.02. The number of para-hydroxylation sites is 1. The van der Waals surface area contributed by atoms with Crippen molar-refractivity contribution in [1.82, 2.24) is 0 Å². The van der Waals surface area contributed by atoms with E-state index in [1.165, 1.54) is 4.90 Å². The maximum absolute atomic E-state index is 12.2. The molecule has 0 bridgehead atoms. The number of carbonyl (C=O) groups excluding carboxylic acids is 1. The molecular formula is C16H15N3O. The van der Waals surface area contributed by atoms with Gasteiger partial charge < -0.3 is 5.32 Å². The molecule has 0 radical (unpaired) electrons. The molecule has 0 atom stereocenters. The molecule has 2 amide bonds. The molecule has 0 spiro atoms. The third kappa shape index (κ3) is 2.96. The van der Waals surface area contributed by atoms with Gasteiger partial charge in [-0.2, -0.15) is 5.26 Å². The molecule has 4 heteroatoms. The van der Waals surface area contributed by atoms with Crippen LogP contribution in [0.5, 0.6) is 0 Å². The monoisotopic (exact) mass is 265 g/mol. The maximum atomic E-state index is 12.2. The zero-order valence-electron chi connectivity index (χ0n) is 11.4. The van der Waals surface area contributed by atoms with E-state index < -0.39 is 0 Å². The first-order chi connectivity index (χ1) is 9.61. The van der Waals surface area contributed by atoms with E-state index in [0.29, 0.717) is 11.3 Å². The SMILES string of the molecule is Cc1cccc(NC(=O)N(C)c2ccccc2C#N)c1. The molecule has 2 aromatic carbocycles. The van der Waals surface area contributed by atoms with Crippen LogP contribution in [0.25, 0.3) is 0 Å². The zero-order valence-corrected chi connectivity index (χ0v) is 11.4. The Labute approximate surface area is 118 Å². The number of aryl methyl sites for hydroxylation is 1. The number of carbonyl (C=O) groups is 1. The van der Waals surface area contributed by atoms with Gasteiger partial charge in [0, 0.05) is 12.7 Å². The predicted octanol–water partition coefficient (Wildman–Crippen LogP) is 3.54. The predicted molar refractivity (Wildman–Crippen MR) is 79.8 cm³/mol. The van der Waals surface area contributed by atoms with Crippen molar-refractivity contribution in [2.24, 2.45) is 0 Å². The molecule has 2 aromatic rings. The lowest BCUT2D eigenvalue weighted by Gasteiger charge is -2.19. The molecule has 2 rings (SSSR count). The molecule has 0 saturated carbocycles. The average Bonchev–Trinajstić information content (AvgIpc) is 2.46. The Morgan fingerprint density at radius 2 is 1.95 bits per heavy atom. The van der Waals surface area contributed by atoms with E-state index in [1.54, 1.807) is 31.3 Å². The van der Waals surface area contributed by atoms with E-state index in [1.807, 2.05) is 31.2 Å². The average molecular weight is 265 g/mol. The summed E-state index contributed by atoms with van der Waals surface area (Å²) in [5.41, 5.74) is 2.86. The van der Waals surface area contributed by atoms with Crippen molar-refractivity contribution in [2.75, 3.05) is 17.3 Å². The minimum Gasteiger partial charge on any atom is -0.308 e. The fourth-order valence-corrected chi connectivity index (χ4v) is 1.90. The van der Waals surface area contributed by atoms with Gasteiger partial charge in [0.1, 0.15) is 6.07 Å². The topological polar surface area (TPSA) is 56.1 Å². The molecule has 4 nitrogen and oxygen atoms in total. The number of rotatable bonds is 2. The maximum Gasteiger partial charge on any atom is 0.326 e. The number of hydrogen-bond acceptors (Lipinski definition) is 2. The second kappa shape index (κ2) is 5.89. The van der Waals surface area contributed by atoms with E-state index in [0.717, 1.165) is 11.3 Å². The highest BCUT2D eigenvalue weighted by atomic mass is 16.2. The first-order valence-electron chi connectivity index (χ1n) is 6.22. The van der Waals surface area contributed by atoms with E-state index in [2.05, 4.69) is 11.4 Å². The van der Waals surface area contributed by atoms with Crippen molar-refractivity contribution in [2.45, 2.75) is 6.92 Å². The lowest BCUT2D eigenvalue weighted by atomic mass is 10.2. The number of anilines is 2. The van der Waals surface area contributed by atoms with Crippen molar-refractivity contribution in [3.05, 3.63) is 59.7 Å². The van der Waals surface area contributed by atoms with Crippen LogP contribution in [0.15, 0.2) is 48.5 Å². The second-order valence-corrected chi connectivity index (χ2v) is 4.49. The van der Waals surface area contributed by atoms with E-state index in [9.17, 15) is 4.79 Å². The summed E-state index contributed by atoms with van der Waals surface area (Å²) in [7, 11) is 1.64. The van der Waals surface area contributed by atoms with Gasteiger partial charge in [-0.1, -0.05) is 24.3 Å². The summed E-state index contributed by atoms with van der Waals surface area (Å²) in [6.45, 7) is 1.96. The van der Waals surface area contributed by atoms with E-state index >= 15 is 0 Å². The molecule has 0 aliphatic rings. The third-order valence-corrected chi connectivity index (χ3v) is 2.96. The highest BCUT2D eigenvalue weighted by Crippen LogP contribution is 2.19. The van der Waals surface area contributed by atoms with Crippen LogP contribution in [-0.4, -0.2) is 13.1 Å². The molecule has 0 heterocycles. The molecule has 0 saturated heterocycles. The van der Waals surface area contributed by atoms with Gasteiger partial charge >= 0.3 is 6.03 Å². The molecule has 0 unspecified atom stereocenters. The molecule has 20 heavy (non-hydrogen) atoms. The Morgan fingerprint density at radius 1 is 1.20 bits per heavy atom. The highest BCUT2D eigenvalue weighted by molar-refractivity contribution is 6.02. The van der Waals surface area contributed by atoms with Gasteiger partial charge in [0.05, 0.1) is 11.3 Å². The fraction of sp³-hybridized carbons (Fsp3) is 0.125. The second-order valence-electron chi connectivity index (χ2n) is 4.49. The van der Waals surface area contributed by atoms with Crippen molar-refractivity contribution in [1.29, 1.82) is 5.26 Å². The Hall–Kier alpha value is -2.80. The summed E-state index contributed by atoms with van der Waals surface area (Å²) >= 11 is 0. The van der Waals surface area contributed by atoms with Crippen LogP contribution in [0.4, 0.5) is 16.2 Å². The van der Waals surface area contributed by atoms with Gasteiger partial charge in [0.15, 0.2) is 0 Å². The number of nitrogens with one attached hydrogen (secondary N) is 1. The van der Waals surface area contributed by atoms with Gasteiger partial charge in [-0.05, 0) is 36.8 Å². The number of urea groups is 1.